The van der Waals surface area contributed by atoms with E-state index in [1.165, 1.54) is 0 Å². The van der Waals surface area contributed by atoms with Crippen LogP contribution in [0.3, 0.4) is 0 Å². The van der Waals surface area contributed by atoms with Crippen LogP contribution in [0.1, 0.15) is 20.3 Å². The van der Waals surface area contributed by atoms with Gasteiger partial charge in [-0.1, -0.05) is 41.9 Å². The number of alkyl halides is 1. The van der Waals surface area contributed by atoms with Gasteiger partial charge in [-0.2, -0.15) is 0 Å². The van der Waals surface area contributed by atoms with Gasteiger partial charge < -0.3 is 4.90 Å². The number of nitrogens with zero attached hydrogens (tertiary/aromatic N) is 1. The molecule has 0 amide bonds. The van der Waals surface area contributed by atoms with Crippen LogP contribution in [0.5, 0.6) is 0 Å². The van der Waals surface area contributed by atoms with Crippen LogP contribution < -0.4 is 4.90 Å². The summed E-state index contributed by atoms with van der Waals surface area (Å²) in [7, 11) is -1.24. The zero-order chi connectivity index (χ0) is 13.8. The molecule has 0 aliphatic rings. The van der Waals surface area contributed by atoms with Crippen molar-refractivity contribution in [1.82, 2.24) is 0 Å². The number of para-hydroxylation sites is 1. The molecule has 0 bridgehead atoms. The topological polar surface area (TPSA) is 37.4 Å². The highest BCUT2D eigenvalue weighted by molar-refractivity contribution is 9.09. The average Bonchev–Trinajstić information content (AvgIpc) is 2.36. The van der Waals surface area contributed by atoms with Crippen molar-refractivity contribution in [3.05, 3.63) is 24.3 Å². The number of benzene rings is 1. The maximum atomic E-state index is 12.0. The Morgan fingerprint density at radius 2 is 1.94 bits per heavy atom. The van der Waals surface area contributed by atoms with E-state index in [0.717, 1.165) is 18.7 Å². The van der Waals surface area contributed by atoms with E-state index >= 15 is 0 Å². The summed E-state index contributed by atoms with van der Waals surface area (Å²) in [5, 5.41) is 0. The summed E-state index contributed by atoms with van der Waals surface area (Å²) in [4.78, 5) is 2.85. The molecule has 0 aliphatic carbocycles. The number of rotatable bonds is 6. The van der Waals surface area contributed by atoms with Crippen LogP contribution in [0.15, 0.2) is 29.2 Å². The fourth-order valence-corrected chi connectivity index (χ4v) is 3.03. The van der Waals surface area contributed by atoms with Crippen molar-refractivity contribution in [2.24, 2.45) is 0 Å². The summed E-state index contributed by atoms with van der Waals surface area (Å²) >= 11 is 3.50. The summed E-state index contributed by atoms with van der Waals surface area (Å²) in [5.41, 5.74) is 0.785. The quantitative estimate of drug-likeness (QED) is 0.750. The Balaban J connectivity index is 3.02. The number of anilines is 1. The van der Waals surface area contributed by atoms with E-state index in [1.807, 2.05) is 24.1 Å². The normalized spacial score (nSPS) is 13.3. The third-order valence-corrected chi connectivity index (χ3v) is 5.09. The average molecular weight is 334 g/mol. The minimum atomic E-state index is -3.17. The second-order valence-electron chi connectivity index (χ2n) is 4.36. The molecule has 0 saturated carbocycles. The van der Waals surface area contributed by atoms with Crippen molar-refractivity contribution in [3.63, 3.8) is 0 Å². The van der Waals surface area contributed by atoms with Crippen molar-refractivity contribution in [1.29, 1.82) is 0 Å². The van der Waals surface area contributed by atoms with Crippen molar-refractivity contribution >= 4 is 31.5 Å². The van der Waals surface area contributed by atoms with E-state index in [-0.39, 0.29) is 5.75 Å². The SMILES string of the molecule is CCS(=O)(=O)c1ccccc1N(C)CCC(C)Br. The molecule has 0 spiro atoms. The van der Waals surface area contributed by atoms with Crippen LogP contribution in [-0.2, 0) is 9.84 Å². The monoisotopic (exact) mass is 333 g/mol. The smallest absolute Gasteiger partial charge is 0.180 e. The molecule has 0 saturated heterocycles. The standard InChI is InChI=1S/C13H20BrNO2S/c1-4-18(16,17)13-8-6-5-7-12(13)15(3)10-9-11(2)14/h5-8,11H,4,9-10H2,1-3H3. The Morgan fingerprint density at radius 3 is 2.50 bits per heavy atom. The lowest BCUT2D eigenvalue weighted by atomic mass is 10.2. The van der Waals surface area contributed by atoms with Crippen LogP contribution >= 0.6 is 15.9 Å². The van der Waals surface area contributed by atoms with E-state index in [9.17, 15) is 8.42 Å². The lowest BCUT2D eigenvalue weighted by Crippen LogP contribution is -2.22. The Morgan fingerprint density at radius 1 is 1.33 bits per heavy atom. The summed E-state index contributed by atoms with van der Waals surface area (Å²) in [5.74, 6) is 0.132. The molecule has 0 aromatic heterocycles. The molecular formula is C13H20BrNO2S. The highest BCUT2D eigenvalue weighted by atomic mass is 79.9. The van der Waals surface area contributed by atoms with Gasteiger partial charge in [0.05, 0.1) is 16.3 Å². The van der Waals surface area contributed by atoms with E-state index < -0.39 is 9.84 Å². The molecule has 0 fully saturated rings. The number of hydrogen-bond acceptors (Lipinski definition) is 3. The number of halogens is 1. The van der Waals surface area contributed by atoms with Gasteiger partial charge in [-0.05, 0) is 18.6 Å². The van der Waals surface area contributed by atoms with Crippen molar-refractivity contribution in [2.45, 2.75) is 30.0 Å². The first kappa shape index (κ1) is 15.5. The molecule has 1 rings (SSSR count). The third-order valence-electron chi connectivity index (χ3n) is 2.85. The fourth-order valence-electron chi connectivity index (χ4n) is 1.68. The van der Waals surface area contributed by atoms with Crippen LogP contribution in [-0.4, -0.2) is 32.6 Å². The third kappa shape index (κ3) is 3.99. The molecule has 1 atom stereocenters. The van der Waals surface area contributed by atoms with Gasteiger partial charge in [0.2, 0.25) is 0 Å². The summed E-state index contributed by atoms with van der Waals surface area (Å²) in [6, 6.07) is 7.19. The second-order valence-corrected chi connectivity index (χ2v) is 8.17. The Bertz CT molecular complexity index is 486. The van der Waals surface area contributed by atoms with Crippen molar-refractivity contribution in [3.8, 4) is 0 Å². The van der Waals surface area contributed by atoms with E-state index in [4.69, 9.17) is 0 Å². The van der Waals surface area contributed by atoms with Gasteiger partial charge >= 0.3 is 0 Å². The van der Waals surface area contributed by atoms with E-state index in [2.05, 4.69) is 22.9 Å². The largest absolute Gasteiger partial charge is 0.374 e. The minimum Gasteiger partial charge on any atom is -0.374 e. The van der Waals surface area contributed by atoms with Gasteiger partial charge in [0.1, 0.15) is 0 Å². The van der Waals surface area contributed by atoms with E-state index in [1.54, 1.807) is 19.1 Å². The van der Waals surface area contributed by atoms with Gasteiger partial charge in [-0.25, -0.2) is 8.42 Å². The van der Waals surface area contributed by atoms with Crippen molar-refractivity contribution < 1.29 is 8.42 Å². The predicted molar refractivity (Wildman–Crippen MR) is 80.4 cm³/mol. The Labute approximate surface area is 118 Å². The summed E-state index contributed by atoms with van der Waals surface area (Å²) < 4.78 is 24.1. The molecule has 1 aromatic rings. The summed E-state index contributed by atoms with van der Waals surface area (Å²) in [6.45, 7) is 4.58. The van der Waals surface area contributed by atoms with Crippen LogP contribution in [0, 0.1) is 0 Å². The molecule has 18 heavy (non-hydrogen) atoms. The molecule has 102 valence electrons. The fraction of sp³-hybridized carbons (Fsp3) is 0.538. The Hall–Kier alpha value is -0.550. The predicted octanol–water partition coefficient (Wildman–Crippen LogP) is 3.09. The molecule has 3 nitrogen and oxygen atoms in total. The van der Waals surface area contributed by atoms with Gasteiger partial charge in [0.15, 0.2) is 9.84 Å². The highest BCUT2D eigenvalue weighted by Crippen LogP contribution is 2.25. The maximum Gasteiger partial charge on any atom is 0.180 e. The van der Waals surface area contributed by atoms with Crippen LogP contribution in [0.4, 0.5) is 5.69 Å². The number of hydrogen-bond donors (Lipinski definition) is 0. The first-order valence-electron chi connectivity index (χ1n) is 6.05. The maximum absolute atomic E-state index is 12.0. The zero-order valence-corrected chi connectivity index (χ0v) is 13.5. The molecule has 0 radical (unpaired) electrons. The van der Waals surface area contributed by atoms with Crippen molar-refractivity contribution in [2.75, 3.05) is 24.2 Å². The first-order chi connectivity index (χ1) is 8.38. The van der Waals surface area contributed by atoms with Gasteiger partial charge in [0.25, 0.3) is 0 Å². The summed E-state index contributed by atoms with van der Waals surface area (Å²) in [6.07, 6.45) is 0.969. The van der Waals surface area contributed by atoms with Crippen LogP contribution in [0.2, 0.25) is 0 Å². The molecule has 1 unspecified atom stereocenters. The van der Waals surface area contributed by atoms with E-state index in [0.29, 0.717) is 9.72 Å². The van der Waals surface area contributed by atoms with Gasteiger partial charge in [0, 0.05) is 18.4 Å². The molecule has 5 heteroatoms. The lowest BCUT2D eigenvalue weighted by molar-refractivity contribution is 0.597. The zero-order valence-electron chi connectivity index (χ0n) is 11.1. The van der Waals surface area contributed by atoms with Gasteiger partial charge in [-0.15, -0.1) is 0 Å². The number of sulfone groups is 1. The molecule has 0 N–H and O–H groups in total. The van der Waals surface area contributed by atoms with Gasteiger partial charge in [-0.3, -0.25) is 0 Å². The second kappa shape index (κ2) is 6.57. The molecular weight excluding hydrogens is 314 g/mol. The van der Waals surface area contributed by atoms with Crippen LogP contribution in [0.25, 0.3) is 0 Å². The molecule has 1 aromatic carbocycles. The lowest BCUT2D eigenvalue weighted by Gasteiger charge is -2.22. The highest BCUT2D eigenvalue weighted by Gasteiger charge is 2.18. The molecule has 0 heterocycles. The first-order valence-corrected chi connectivity index (χ1v) is 8.62. The Kier molecular flexibility index (Phi) is 5.66. The minimum absolute atomic E-state index is 0.132. The molecule has 0 aliphatic heterocycles.